The molecule has 0 radical (unpaired) electrons. The third-order valence-corrected chi connectivity index (χ3v) is 6.93. The van der Waals surface area contributed by atoms with Crippen molar-refractivity contribution in [3.05, 3.63) is 72.1 Å². The van der Waals surface area contributed by atoms with Crippen LogP contribution in [-0.4, -0.2) is 26.5 Å². The van der Waals surface area contributed by atoms with E-state index in [9.17, 15) is 8.42 Å². The van der Waals surface area contributed by atoms with E-state index in [2.05, 4.69) is 13.5 Å². The molecule has 0 spiro atoms. The highest BCUT2D eigenvalue weighted by Gasteiger charge is 2.21. The lowest BCUT2D eigenvalue weighted by Gasteiger charge is -2.12. The number of benzene rings is 2. The maximum atomic E-state index is 13.1. The summed E-state index contributed by atoms with van der Waals surface area (Å²) in [5, 5.41) is 0. The highest BCUT2D eigenvalue weighted by atomic mass is 32.2. The number of pyridine rings is 1. The molecule has 7 nitrogen and oxygen atoms in total. The maximum Gasteiger partial charge on any atom is 0.264 e. The van der Waals surface area contributed by atoms with Gasteiger partial charge in [0.15, 0.2) is 0 Å². The topological polar surface area (TPSA) is 89.2 Å². The summed E-state index contributed by atoms with van der Waals surface area (Å²) in [4.78, 5) is 4.82. The minimum atomic E-state index is -3.83. The van der Waals surface area contributed by atoms with Gasteiger partial charge in [0.05, 0.1) is 23.1 Å². The van der Waals surface area contributed by atoms with Crippen LogP contribution < -0.4 is 4.72 Å². The second-order valence-electron chi connectivity index (χ2n) is 7.07. The number of anilines is 1. The molecule has 5 rings (SSSR count). The normalized spacial score (nSPS) is 11.9. The zero-order valence-corrected chi connectivity index (χ0v) is 17.8. The molecular formula is C21H17N5O2S2. The molecule has 0 saturated heterocycles. The van der Waals surface area contributed by atoms with Crippen LogP contribution in [-0.2, 0) is 10.0 Å². The van der Waals surface area contributed by atoms with Gasteiger partial charge in [-0.05, 0) is 49.2 Å². The van der Waals surface area contributed by atoms with Gasteiger partial charge in [-0.25, -0.2) is 13.4 Å². The van der Waals surface area contributed by atoms with Crippen molar-refractivity contribution >= 4 is 44.1 Å². The first kappa shape index (κ1) is 18.7. The van der Waals surface area contributed by atoms with Crippen LogP contribution in [0.15, 0.2) is 65.8 Å². The van der Waals surface area contributed by atoms with Crippen molar-refractivity contribution in [2.45, 2.75) is 18.7 Å². The van der Waals surface area contributed by atoms with Gasteiger partial charge in [-0.3, -0.25) is 4.72 Å². The number of nitrogens with one attached hydrogen (secondary N) is 1. The molecule has 0 bridgehead atoms. The Hall–Kier alpha value is -3.30. The van der Waals surface area contributed by atoms with E-state index in [0.717, 1.165) is 39.8 Å². The molecule has 3 aromatic heterocycles. The van der Waals surface area contributed by atoms with Gasteiger partial charge >= 0.3 is 0 Å². The number of aryl methyl sites for hydroxylation is 2. The van der Waals surface area contributed by atoms with E-state index >= 15 is 0 Å². The monoisotopic (exact) mass is 435 g/mol. The smallest absolute Gasteiger partial charge is 0.264 e. The summed E-state index contributed by atoms with van der Waals surface area (Å²) >= 11 is 0.993. The van der Waals surface area contributed by atoms with Crippen molar-refractivity contribution < 1.29 is 8.42 Å². The molecule has 0 aliphatic rings. The van der Waals surface area contributed by atoms with Gasteiger partial charge in [0.25, 0.3) is 10.0 Å². The zero-order chi connectivity index (χ0) is 20.9. The Bertz CT molecular complexity index is 1520. The third-order valence-electron chi connectivity index (χ3n) is 4.99. The van der Waals surface area contributed by atoms with Gasteiger partial charge in [0.1, 0.15) is 21.6 Å². The summed E-state index contributed by atoms with van der Waals surface area (Å²) in [6, 6.07) is 14.6. The molecule has 0 aliphatic heterocycles. The lowest BCUT2D eigenvalue weighted by molar-refractivity contribution is 0.602. The average molecular weight is 436 g/mol. The van der Waals surface area contributed by atoms with Crippen LogP contribution in [0, 0.1) is 13.8 Å². The third kappa shape index (κ3) is 3.12. The van der Waals surface area contributed by atoms with Gasteiger partial charge in [-0.15, -0.1) is 0 Å². The van der Waals surface area contributed by atoms with E-state index in [-0.39, 0.29) is 4.90 Å². The number of rotatable bonds is 4. The van der Waals surface area contributed by atoms with Crippen LogP contribution >= 0.6 is 11.7 Å². The zero-order valence-electron chi connectivity index (χ0n) is 16.2. The van der Waals surface area contributed by atoms with Crippen molar-refractivity contribution in [2.75, 3.05) is 4.72 Å². The Morgan fingerprint density at radius 2 is 1.87 bits per heavy atom. The highest BCUT2D eigenvalue weighted by Crippen LogP contribution is 2.29. The van der Waals surface area contributed by atoms with E-state index in [1.54, 1.807) is 12.1 Å². The van der Waals surface area contributed by atoms with Crippen LogP contribution in [0.4, 0.5) is 5.69 Å². The predicted molar refractivity (Wildman–Crippen MR) is 118 cm³/mol. The molecule has 0 fully saturated rings. The fourth-order valence-corrected chi connectivity index (χ4v) is 5.27. The predicted octanol–water partition coefficient (Wildman–Crippen LogP) is 4.42. The Balaban J connectivity index is 1.56. The summed E-state index contributed by atoms with van der Waals surface area (Å²) in [6.07, 6.45) is 3.88. The van der Waals surface area contributed by atoms with Gasteiger partial charge in [0, 0.05) is 18.0 Å². The first-order chi connectivity index (χ1) is 14.4. The summed E-state index contributed by atoms with van der Waals surface area (Å²) in [6.45, 7) is 3.87. The first-order valence-electron chi connectivity index (χ1n) is 9.22. The molecule has 0 amide bonds. The second kappa shape index (κ2) is 6.89. The number of nitrogens with zero attached hydrogens (tertiary/aromatic N) is 4. The summed E-state index contributed by atoms with van der Waals surface area (Å²) in [7, 11) is -3.83. The van der Waals surface area contributed by atoms with E-state index in [1.165, 1.54) is 6.07 Å². The fraction of sp³-hybridized carbons (Fsp3) is 0.0952. The number of hydrogen-bond acceptors (Lipinski definition) is 6. The van der Waals surface area contributed by atoms with Crippen LogP contribution in [0.3, 0.4) is 0 Å². The largest absolute Gasteiger partial charge is 0.306 e. The Labute approximate surface area is 177 Å². The molecule has 0 aliphatic carbocycles. The summed E-state index contributed by atoms with van der Waals surface area (Å²) in [5.74, 6) is 0. The molecule has 9 heteroatoms. The molecule has 1 N–H and O–H groups in total. The van der Waals surface area contributed by atoms with Crippen molar-refractivity contribution in [2.24, 2.45) is 0 Å². The van der Waals surface area contributed by atoms with E-state index in [4.69, 9.17) is 4.98 Å². The summed E-state index contributed by atoms with van der Waals surface area (Å²) < 4.78 is 39.2. The molecule has 3 heterocycles. The van der Waals surface area contributed by atoms with Crippen molar-refractivity contribution in [3.8, 4) is 11.3 Å². The Kier molecular flexibility index (Phi) is 4.30. The molecule has 5 aromatic rings. The van der Waals surface area contributed by atoms with Crippen LogP contribution in [0.2, 0.25) is 0 Å². The van der Waals surface area contributed by atoms with E-state index < -0.39 is 10.0 Å². The fourth-order valence-electron chi connectivity index (χ4n) is 3.38. The van der Waals surface area contributed by atoms with Crippen molar-refractivity contribution in [1.82, 2.24) is 18.1 Å². The number of fused-ring (bicyclic) bond motifs is 2. The SMILES string of the molecule is Cc1ccc(-c2cn3cccc(C)c3n2)cc1NS(=O)(=O)c1cccc2nsnc12. The minimum Gasteiger partial charge on any atom is -0.306 e. The van der Waals surface area contributed by atoms with Gasteiger partial charge in [0.2, 0.25) is 0 Å². The van der Waals surface area contributed by atoms with E-state index in [0.29, 0.717) is 16.7 Å². The van der Waals surface area contributed by atoms with E-state index in [1.807, 2.05) is 61.0 Å². The lowest BCUT2D eigenvalue weighted by Crippen LogP contribution is -2.14. The highest BCUT2D eigenvalue weighted by molar-refractivity contribution is 7.93. The molecule has 2 aromatic carbocycles. The standard InChI is InChI=1S/C21H17N5O2S2/c1-13-8-9-15(18-12-26-10-4-5-14(2)21(26)22-18)11-17(13)25-30(27,28)19-7-3-6-16-20(19)24-29-23-16/h3-12,25H,1-2H3. The minimum absolute atomic E-state index is 0.113. The maximum absolute atomic E-state index is 13.1. The van der Waals surface area contributed by atoms with Crippen LogP contribution in [0.1, 0.15) is 11.1 Å². The molecule has 0 unspecified atom stereocenters. The number of aromatic nitrogens is 4. The molecule has 0 saturated carbocycles. The van der Waals surface area contributed by atoms with Crippen molar-refractivity contribution in [1.29, 1.82) is 0 Å². The molecule has 150 valence electrons. The van der Waals surface area contributed by atoms with Crippen molar-refractivity contribution in [3.63, 3.8) is 0 Å². The molecule has 0 atom stereocenters. The second-order valence-corrected chi connectivity index (χ2v) is 9.25. The summed E-state index contributed by atoms with van der Waals surface area (Å²) in [5.41, 5.74) is 5.80. The molecule has 30 heavy (non-hydrogen) atoms. The number of sulfonamides is 1. The van der Waals surface area contributed by atoms with Gasteiger partial charge in [-0.1, -0.05) is 24.3 Å². The quantitative estimate of drug-likeness (QED) is 0.451. The number of hydrogen-bond donors (Lipinski definition) is 1. The van der Waals surface area contributed by atoms with Crippen LogP contribution in [0.5, 0.6) is 0 Å². The van der Waals surface area contributed by atoms with Gasteiger partial charge in [-0.2, -0.15) is 8.75 Å². The Morgan fingerprint density at radius 1 is 1.00 bits per heavy atom. The number of imidazole rings is 1. The first-order valence-corrected chi connectivity index (χ1v) is 11.4. The molecular weight excluding hydrogens is 418 g/mol. The Morgan fingerprint density at radius 3 is 2.70 bits per heavy atom. The average Bonchev–Trinajstić information content (AvgIpc) is 3.36. The van der Waals surface area contributed by atoms with Crippen LogP contribution in [0.25, 0.3) is 27.9 Å². The van der Waals surface area contributed by atoms with Gasteiger partial charge < -0.3 is 4.40 Å². The lowest BCUT2D eigenvalue weighted by atomic mass is 10.1.